The van der Waals surface area contributed by atoms with Crippen LogP contribution in [0.25, 0.3) is 0 Å². The first-order valence-corrected chi connectivity index (χ1v) is 6.53. The highest BCUT2D eigenvalue weighted by Crippen LogP contribution is 2.29. The van der Waals surface area contributed by atoms with E-state index in [1.165, 1.54) is 6.07 Å². The molecule has 0 bridgehead atoms. The zero-order valence-electron chi connectivity index (χ0n) is 10.6. The summed E-state index contributed by atoms with van der Waals surface area (Å²) >= 11 is 3.32. The van der Waals surface area contributed by atoms with Crippen molar-refractivity contribution in [3.8, 4) is 5.75 Å². The molecule has 20 heavy (non-hydrogen) atoms. The summed E-state index contributed by atoms with van der Waals surface area (Å²) < 4.78 is 13.5. The van der Waals surface area contributed by atoms with Gasteiger partial charge in [0.05, 0.1) is 11.3 Å². The van der Waals surface area contributed by atoms with Crippen molar-refractivity contribution in [3.05, 3.63) is 51.7 Å². The highest BCUT2D eigenvalue weighted by atomic mass is 79.9. The molecular formula is C14H12BrFN2O2. The molecule has 0 unspecified atom stereocenters. The van der Waals surface area contributed by atoms with Gasteiger partial charge in [-0.2, -0.15) is 0 Å². The molecule has 2 rings (SSSR count). The minimum atomic E-state index is -0.611. The highest BCUT2D eigenvalue weighted by molar-refractivity contribution is 9.10. The average molecular weight is 339 g/mol. The lowest BCUT2D eigenvalue weighted by molar-refractivity contribution is 0.102. The van der Waals surface area contributed by atoms with Gasteiger partial charge in [0.2, 0.25) is 0 Å². The summed E-state index contributed by atoms with van der Waals surface area (Å²) in [6.45, 7) is 1.84. The Kier molecular flexibility index (Phi) is 3.94. The van der Waals surface area contributed by atoms with E-state index in [0.717, 1.165) is 17.7 Å². The SMILES string of the molecule is Cc1cc(Br)c(NC(=O)c2ccc(F)cc2O)cc1N. The Bertz CT molecular complexity index is 689. The lowest BCUT2D eigenvalue weighted by atomic mass is 10.1. The number of aryl methyl sites for hydroxylation is 1. The zero-order chi connectivity index (χ0) is 14.9. The number of nitrogens with one attached hydrogen (secondary N) is 1. The van der Waals surface area contributed by atoms with E-state index in [1.807, 2.05) is 6.92 Å². The number of phenols is 1. The first kappa shape index (κ1) is 14.3. The number of phenolic OH excluding ortho intramolecular Hbond substituents is 1. The summed E-state index contributed by atoms with van der Waals surface area (Å²) in [4.78, 5) is 12.0. The second-order valence-corrected chi connectivity index (χ2v) is 5.16. The Morgan fingerprint density at radius 1 is 1.35 bits per heavy atom. The number of carbonyl (C=O) groups is 1. The summed E-state index contributed by atoms with van der Waals surface area (Å²) in [7, 11) is 0. The van der Waals surface area contributed by atoms with Gasteiger partial charge >= 0.3 is 0 Å². The van der Waals surface area contributed by atoms with Crippen LogP contribution in [0.4, 0.5) is 15.8 Å². The monoisotopic (exact) mass is 338 g/mol. The number of halogens is 2. The van der Waals surface area contributed by atoms with Crippen LogP contribution in [0.3, 0.4) is 0 Å². The number of hydrogen-bond donors (Lipinski definition) is 3. The minimum absolute atomic E-state index is 0.0163. The fourth-order valence-electron chi connectivity index (χ4n) is 1.67. The van der Waals surface area contributed by atoms with Crippen LogP contribution in [0.2, 0.25) is 0 Å². The van der Waals surface area contributed by atoms with Crippen LogP contribution in [0.5, 0.6) is 5.75 Å². The molecule has 4 nitrogen and oxygen atoms in total. The first-order valence-electron chi connectivity index (χ1n) is 5.74. The van der Waals surface area contributed by atoms with Crippen LogP contribution < -0.4 is 11.1 Å². The number of nitrogens with two attached hydrogens (primary N) is 1. The lowest BCUT2D eigenvalue weighted by Gasteiger charge is -2.11. The molecule has 0 saturated heterocycles. The van der Waals surface area contributed by atoms with Gasteiger partial charge in [0, 0.05) is 16.2 Å². The molecule has 0 aliphatic heterocycles. The third-order valence-corrected chi connectivity index (χ3v) is 3.46. The second kappa shape index (κ2) is 5.50. The van der Waals surface area contributed by atoms with Gasteiger partial charge in [-0.1, -0.05) is 0 Å². The van der Waals surface area contributed by atoms with Crippen molar-refractivity contribution in [2.75, 3.05) is 11.1 Å². The van der Waals surface area contributed by atoms with Crippen LogP contribution in [0, 0.1) is 12.7 Å². The van der Waals surface area contributed by atoms with Crippen molar-refractivity contribution >= 4 is 33.2 Å². The molecule has 6 heteroatoms. The van der Waals surface area contributed by atoms with Gasteiger partial charge in [-0.25, -0.2) is 4.39 Å². The molecular weight excluding hydrogens is 327 g/mol. The maximum absolute atomic E-state index is 12.9. The fourth-order valence-corrected chi connectivity index (χ4v) is 2.23. The van der Waals surface area contributed by atoms with Crippen molar-refractivity contribution in [2.24, 2.45) is 0 Å². The van der Waals surface area contributed by atoms with Crippen molar-refractivity contribution < 1.29 is 14.3 Å². The van der Waals surface area contributed by atoms with Crippen molar-refractivity contribution in [1.29, 1.82) is 0 Å². The smallest absolute Gasteiger partial charge is 0.259 e. The molecule has 0 radical (unpaired) electrons. The molecule has 104 valence electrons. The Morgan fingerprint density at radius 3 is 2.70 bits per heavy atom. The first-order chi connectivity index (χ1) is 9.38. The molecule has 2 aromatic carbocycles. The van der Waals surface area contributed by atoms with Crippen LogP contribution >= 0.6 is 15.9 Å². The van der Waals surface area contributed by atoms with Crippen LogP contribution in [-0.4, -0.2) is 11.0 Å². The number of anilines is 2. The Hall–Kier alpha value is -2.08. The van der Waals surface area contributed by atoms with Gasteiger partial charge < -0.3 is 16.2 Å². The zero-order valence-corrected chi connectivity index (χ0v) is 12.2. The summed E-state index contributed by atoms with van der Waals surface area (Å²) in [5, 5.41) is 12.2. The number of benzene rings is 2. The molecule has 0 aromatic heterocycles. The number of aromatic hydroxyl groups is 1. The maximum Gasteiger partial charge on any atom is 0.259 e. The van der Waals surface area contributed by atoms with Crippen LogP contribution in [0.15, 0.2) is 34.8 Å². The second-order valence-electron chi connectivity index (χ2n) is 4.30. The van der Waals surface area contributed by atoms with Crippen molar-refractivity contribution in [1.82, 2.24) is 0 Å². The van der Waals surface area contributed by atoms with E-state index in [0.29, 0.717) is 15.8 Å². The molecule has 0 aliphatic carbocycles. The molecule has 1 amide bonds. The van der Waals surface area contributed by atoms with E-state index in [1.54, 1.807) is 12.1 Å². The Labute approximate surface area is 123 Å². The summed E-state index contributed by atoms with van der Waals surface area (Å²) in [5.41, 5.74) is 7.65. The third kappa shape index (κ3) is 2.91. The number of rotatable bonds is 2. The van der Waals surface area contributed by atoms with E-state index in [-0.39, 0.29) is 5.56 Å². The van der Waals surface area contributed by atoms with E-state index in [4.69, 9.17) is 5.73 Å². The van der Waals surface area contributed by atoms with E-state index < -0.39 is 17.5 Å². The molecule has 0 saturated carbocycles. The van der Waals surface area contributed by atoms with E-state index in [2.05, 4.69) is 21.2 Å². The quantitative estimate of drug-likeness (QED) is 0.734. The number of hydrogen-bond acceptors (Lipinski definition) is 3. The third-order valence-electron chi connectivity index (χ3n) is 2.81. The maximum atomic E-state index is 12.9. The minimum Gasteiger partial charge on any atom is -0.507 e. The van der Waals surface area contributed by atoms with E-state index in [9.17, 15) is 14.3 Å². The standard InChI is InChI=1S/C14H12BrFN2O2/c1-7-4-10(15)12(6-11(7)17)18-14(20)9-3-2-8(16)5-13(9)19/h2-6,19H,17H2,1H3,(H,18,20). The molecule has 0 aliphatic rings. The normalized spacial score (nSPS) is 10.3. The largest absolute Gasteiger partial charge is 0.507 e. The van der Waals surface area contributed by atoms with Crippen molar-refractivity contribution in [2.45, 2.75) is 6.92 Å². The molecule has 0 fully saturated rings. The molecule has 2 aromatic rings. The summed E-state index contributed by atoms with van der Waals surface area (Å²) in [6.07, 6.45) is 0. The average Bonchev–Trinajstić information content (AvgIpc) is 2.35. The van der Waals surface area contributed by atoms with Gasteiger partial charge in [0.1, 0.15) is 11.6 Å². The molecule has 4 N–H and O–H groups in total. The van der Waals surface area contributed by atoms with Gasteiger partial charge in [-0.05, 0) is 52.7 Å². The summed E-state index contributed by atoms with van der Waals surface area (Å²) in [6, 6.07) is 6.58. The lowest BCUT2D eigenvalue weighted by Crippen LogP contribution is -2.13. The van der Waals surface area contributed by atoms with Gasteiger partial charge in [-0.3, -0.25) is 4.79 Å². The van der Waals surface area contributed by atoms with Gasteiger partial charge in [0.15, 0.2) is 0 Å². The Morgan fingerprint density at radius 2 is 2.05 bits per heavy atom. The van der Waals surface area contributed by atoms with Gasteiger partial charge in [-0.15, -0.1) is 0 Å². The van der Waals surface area contributed by atoms with Crippen LogP contribution in [-0.2, 0) is 0 Å². The van der Waals surface area contributed by atoms with Crippen LogP contribution in [0.1, 0.15) is 15.9 Å². The molecule has 0 atom stereocenters. The van der Waals surface area contributed by atoms with Crippen molar-refractivity contribution in [3.63, 3.8) is 0 Å². The predicted molar refractivity (Wildman–Crippen MR) is 79.3 cm³/mol. The Balaban J connectivity index is 2.30. The predicted octanol–water partition coefficient (Wildman–Crippen LogP) is 3.44. The fraction of sp³-hybridized carbons (Fsp3) is 0.0714. The van der Waals surface area contributed by atoms with E-state index >= 15 is 0 Å². The number of nitrogen functional groups attached to an aromatic ring is 1. The van der Waals surface area contributed by atoms with Gasteiger partial charge in [0.25, 0.3) is 5.91 Å². The number of carbonyl (C=O) groups excluding carboxylic acids is 1. The highest BCUT2D eigenvalue weighted by Gasteiger charge is 2.14. The molecule has 0 spiro atoms. The topological polar surface area (TPSA) is 75.3 Å². The number of amides is 1. The molecule has 0 heterocycles. The summed E-state index contributed by atoms with van der Waals surface area (Å²) in [5.74, 6) is -1.58.